The van der Waals surface area contributed by atoms with Crippen LogP contribution in [0.5, 0.6) is 11.5 Å². The summed E-state index contributed by atoms with van der Waals surface area (Å²) in [5, 5.41) is 35.8. The van der Waals surface area contributed by atoms with E-state index in [1.54, 1.807) is 81.0 Å². The number of ketones is 1. The van der Waals surface area contributed by atoms with Crippen molar-refractivity contribution in [2.75, 3.05) is 60.1 Å². The number of hydrogen-bond donors (Lipinski definition) is 5. The average molecular weight is 1380 g/mol. The third kappa shape index (κ3) is 26.2. The molecular weight excluding hydrogens is 1280 g/mol. The van der Waals surface area contributed by atoms with Crippen molar-refractivity contribution in [3.63, 3.8) is 0 Å². The maximum Gasteiger partial charge on any atom is 0.410 e. The Morgan fingerprint density at radius 1 is 0.556 bits per heavy atom. The van der Waals surface area contributed by atoms with Crippen LogP contribution >= 0.6 is 0 Å². The summed E-state index contributed by atoms with van der Waals surface area (Å²) in [7, 11) is 3.08. The van der Waals surface area contributed by atoms with E-state index in [0.29, 0.717) is 86.6 Å². The predicted octanol–water partition coefficient (Wildman–Crippen LogP) is 12.8. The van der Waals surface area contributed by atoms with E-state index in [-0.39, 0.29) is 88.5 Å². The second-order valence-corrected chi connectivity index (χ2v) is 25.7. The fourth-order valence-electron chi connectivity index (χ4n) is 10.6. The molecule has 0 aromatic heterocycles. The first-order valence-electron chi connectivity index (χ1n) is 33.4. The monoisotopic (exact) mass is 1380 g/mol. The Morgan fingerprint density at radius 3 is 1.52 bits per heavy atom. The second kappa shape index (κ2) is 39.4. The van der Waals surface area contributed by atoms with Gasteiger partial charge in [0.15, 0.2) is 5.78 Å². The van der Waals surface area contributed by atoms with Crippen LogP contribution in [0.1, 0.15) is 187 Å². The van der Waals surface area contributed by atoms with Crippen molar-refractivity contribution in [3.05, 3.63) is 200 Å². The van der Waals surface area contributed by atoms with Crippen molar-refractivity contribution in [1.82, 2.24) is 30.7 Å². The number of methoxy groups -OCH3 is 2. The minimum absolute atomic E-state index is 0.00339. The largest absolute Gasteiger partial charge is 0.497 e. The first-order valence-corrected chi connectivity index (χ1v) is 33.4. The van der Waals surface area contributed by atoms with Crippen LogP contribution in [0.2, 0.25) is 0 Å². The van der Waals surface area contributed by atoms with E-state index < -0.39 is 71.1 Å². The summed E-state index contributed by atoms with van der Waals surface area (Å²) in [6.45, 7) is 22.4. The molecule has 0 aliphatic heterocycles. The molecule has 536 valence electrons. The van der Waals surface area contributed by atoms with Crippen molar-refractivity contribution < 1.29 is 75.6 Å². The molecule has 0 spiro atoms. The van der Waals surface area contributed by atoms with E-state index in [9.17, 15) is 56.5 Å². The van der Waals surface area contributed by atoms with E-state index in [1.165, 1.54) is 43.2 Å². The SMILES string of the molecule is CCCN(CCC)C(=O)c1cc(C(=O)N[C@@H](c2cc(F)cc(F)c2)[C@H](O)CNCc2cccc(OC)c2)cc(/C(C)=N/OCC(C)C)c1.CCCN(CCC)C(=O)c1cc(C(C)=O)cc(C(=O)N[C@@H](Cc2cc(F)cc(F)c2)[C@H](O)CN(Cc2cccc(OC)c2)C(=O)OC(C)(C)C)c1. The van der Waals surface area contributed by atoms with Crippen molar-refractivity contribution in [1.29, 1.82) is 0 Å². The first kappa shape index (κ1) is 80.5. The predicted molar refractivity (Wildman–Crippen MR) is 373 cm³/mol. The molecule has 5 N–H and O–H groups in total. The van der Waals surface area contributed by atoms with Gasteiger partial charge in [-0.3, -0.25) is 24.0 Å². The van der Waals surface area contributed by atoms with Crippen LogP contribution in [-0.2, 0) is 29.1 Å². The lowest BCUT2D eigenvalue weighted by Gasteiger charge is -2.32. The number of carbonyl (C=O) groups is 6. The molecule has 99 heavy (non-hydrogen) atoms. The van der Waals surface area contributed by atoms with Crippen molar-refractivity contribution in [2.24, 2.45) is 11.1 Å². The summed E-state index contributed by atoms with van der Waals surface area (Å²) < 4.78 is 73.5. The standard InChI is InChI=1S/C39H49F2N3O7.C37H48F2N4O5/c1-8-13-43(14-9-2)37(48)30-20-28(25(3)45)19-29(21-30)36(47)42-34(18-27-15-31(40)22-32(41)16-27)35(46)24-44(38(49)51-39(4,5)6)23-26-11-10-12-33(17-26)50-7;1-7-12-43(13-8-2)37(46)30-16-27(25(5)42-48-23-24(3)4)15-29(17-30)36(45)41-35(28-18-31(38)20-32(39)19-28)34(44)22-40-21-26-10-9-11-33(14-26)47-6/h10-12,15-17,19-22,34-35,46H,8-9,13-14,18,23-24H2,1-7H3,(H,42,47);9-11,14-20,24,34-35,40,44H,7-8,12-13,21-23H2,1-6H3,(H,41,45)/b;42-25+/t2*34-,35+/m01/s1. The van der Waals surface area contributed by atoms with Crippen LogP contribution in [0.3, 0.4) is 0 Å². The number of aliphatic hydroxyl groups excluding tert-OH is 2. The lowest BCUT2D eigenvalue weighted by atomic mass is 9.98. The molecular formula is C76H97F4N7O12. The molecule has 6 rings (SSSR count). The minimum Gasteiger partial charge on any atom is -0.497 e. The van der Waals surface area contributed by atoms with E-state index in [4.69, 9.17) is 19.0 Å². The number of nitrogens with zero attached hydrogens (tertiary/aromatic N) is 4. The van der Waals surface area contributed by atoms with Gasteiger partial charge in [-0.1, -0.05) is 71.0 Å². The van der Waals surface area contributed by atoms with Crippen LogP contribution in [0, 0.1) is 29.2 Å². The number of aliphatic hydroxyl groups is 2. The number of oxime groups is 1. The number of amides is 5. The van der Waals surface area contributed by atoms with E-state index in [0.717, 1.165) is 48.7 Å². The van der Waals surface area contributed by atoms with Crippen molar-refractivity contribution in [2.45, 2.75) is 151 Å². The second-order valence-electron chi connectivity index (χ2n) is 25.7. The zero-order valence-electron chi connectivity index (χ0n) is 59.1. The Hall–Kier alpha value is -9.19. The Bertz CT molecular complexity index is 3660. The zero-order chi connectivity index (χ0) is 73.1. The quantitative estimate of drug-likeness (QED) is 0.0109. The van der Waals surface area contributed by atoms with Crippen molar-refractivity contribution in [3.8, 4) is 11.5 Å². The highest BCUT2D eigenvalue weighted by Crippen LogP contribution is 2.25. The number of rotatable bonds is 34. The Kier molecular flexibility index (Phi) is 32.0. The van der Waals surface area contributed by atoms with Gasteiger partial charge < -0.3 is 59.9 Å². The van der Waals surface area contributed by atoms with Crippen LogP contribution in [0.4, 0.5) is 22.4 Å². The van der Waals surface area contributed by atoms with Gasteiger partial charge in [0.2, 0.25) is 0 Å². The molecule has 6 aromatic rings. The normalized spacial score (nSPS) is 12.6. The molecule has 6 aromatic carbocycles. The number of carbonyl (C=O) groups excluding carboxylic acids is 6. The highest BCUT2D eigenvalue weighted by molar-refractivity contribution is 6.06. The van der Waals surface area contributed by atoms with E-state index >= 15 is 0 Å². The molecule has 4 atom stereocenters. The van der Waals surface area contributed by atoms with Gasteiger partial charge in [-0.05, 0) is 180 Å². The van der Waals surface area contributed by atoms with E-state index in [1.807, 2.05) is 65.8 Å². The Morgan fingerprint density at radius 2 is 1.02 bits per heavy atom. The van der Waals surface area contributed by atoms with Crippen LogP contribution in [0.25, 0.3) is 0 Å². The lowest BCUT2D eigenvalue weighted by Crippen LogP contribution is -2.51. The molecule has 0 heterocycles. The molecule has 0 saturated carbocycles. The molecule has 0 bridgehead atoms. The van der Waals surface area contributed by atoms with Crippen LogP contribution in [0.15, 0.2) is 126 Å². The number of hydrogen-bond acceptors (Lipinski definition) is 14. The number of halogens is 4. The molecule has 0 aliphatic carbocycles. The van der Waals surface area contributed by atoms with Gasteiger partial charge in [-0.25, -0.2) is 22.4 Å². The summed E-state index contributed by atoms with van der Waals surface area (Å²) in [4.78, 5) is 91.0. The first-order chi connectivity index (χ1) is 47.0. The average Bonchev–Trinajstić information content (AvgIpc) is 0.825. The van der Waals surface area contributed by atoms with Gasteiger partial charge in [0.05, 0.1) is 50.8 Å². The molecule has 5 amide bonds. The molecule has 19 nitrogen and oxygen atoms in total. The fourth-order valence-corrected chi connectivity index (χ4v) is 10.6. The summed E-state index contributed by atoms with van der Waals surface area (Å²) >= 11 is 0. The van der Waals surface area contributed by atoms with Gasteiger partial charge in [0.25, 0.3) is 23.6 Å². The van der Waals surface area contributed by atoms with E-state index in [2.05, 4.69) is 21.1 Å². The van der Waals surface area contributed by atoms with Crippen LogP contribution < -0.4 is 25.4 Å². The summed E-state index contributed by atoms with van der Waals surface area (Å²) in [6, 6.07) is 26.6. The Labute approximate surface area is 579 Å². The zero-order valence-corrected chi connectivity index (χ0v) is 59.1. The third-order valence-corrected chi connectivity index (χ3v) is 15.3. The van der Waals surface area contributed by atoms with Gasteiger partial charge in [-0.2, -0.15) is 0 Å². The number of ether oxygens (including phenoxy) is 3. The molecule has 0 radical (unpaired) electrons. The van der Waals surface area contributed by atoms with Crippen molar-refractivity contribution >= 4 is 41.2 Å². The molecule has 0 aliphatic rings. The minimum atomic E-state index is -1.49. The molecule has 0 unspecified atom stereocenters. The summed E-state index contributed by atoms with van der Waals surface area (Å²) in [6.07, 6.45) is -0.805. The lowest BCUT2D eigenvalue weighted by molar-refractivity contribution is 0.00834. The number of benzene rings is 6. The molecule has 23 heteroatoms. The molecule has 0 fully saturated rings. The van der Waals surface area contributed by atoms with Gasteiger partial charge in [-0.15, -0.1) is 0 Å². The summed E-state index contributed by atoms with van der Waals surface area (Å²) in [5.41, 5.74) is 2.47. The smallest absolute Gasteiger partial charge is 0.410 e. The molecule has 0 saturated heterocycles. The number of Topliss-reactive ketones (excluding diaryl/α,β-unsaturated/α-hetero) is 1. The fraction of sp³-hybridized carbons (Fsp3) is 0.434. The summed E-state index contributed by atoms with van der Waals surface area (Å²) in [5.74, 6) is -4.28. The topological polar surface area (TPSA) is 238 Å². The maximum absolute atomic E-state index is 14.4. The number of nitrogens with one attached hydrogen (secondary N) is 3. The van der Waals surface area contributed by atoms with Gasteiger partial charge in [0.1, 0.15) is 47.0 Å². The maximum atomic E-state index is 14.4. The Balaban J connectivity index is 0.000000358. The van der Waals surface area contributed by atoms with Gasteiger partial charge >= 0.3 is 6.09 Å². The highest BCUT2D eigenvalue weighted by atomic mass is 19.1. The third-order valence-electron chi connectivity index (χ3n) is 15.3. The van der Waals surface area contributed by atoms with Gasteiger partial charge in [0, 0.05) is 91.3 Å². The van der Waals surface area contributed by atoms with Crippen LogP contribution in [-0.4, -0.2) is 150 Å². The highest BCUT2D eigenvalue weighted by Gasteiger charge is 2.32.